The first-order valence-electron chi connectivity index (χ1n) is 6.33. The van der Waals surface area contributed by atoms with Crippen LogP contribution in [0.2, 0.25) is 0 Å². The van der Waals surface area contributed by atoms with Crippen LogP contribution in [0.15, 0.2) is 0 Å². The van der Waals surface area contributed by atoms with E-state index in [1.54, 1.807) is 18.7 Å². The summed E-state index contributed by atoms with van der Waals surface area (Å²) >= 11 is 0. The SMILES string of the molecule is CCN(CC)C1(C(=O)O)CCCC(C(F)(F)F)C1. The van der Waals surface area contributed by atoms with E-state index < -0.39 is 23.6 Å². The van der Waals surface area contributed by atoms with Crippen molar-refractivity contribution in [1.29, 1.82) is 0 Å². The molecule has 0 amide bonds. The Morgan fingerprint density at radius 3 is 2.33 bits per heavy atom. The Labute approximate surface area is 105 Å². The van der Waals surface area contributed by atoms with Crippen LogP contribution in [-0.2, 0) is 4.79 Å². The molecule has 0 heterocycles. The second-order valence-corrected chi connectivity index (χ2v) is 4.84. The summed E-state index contributed by atoms with van der Waals surface area (Å²) in [4.78, 5) is 13.1. The van der Waals surface area contributed by atoms with Gasteiger partial charge in [0.05, 0.1) is 5.92 Å². The molecule has 2 atom stereocenters. The number of carboxylic acids is 1. The normalized spacial score (nSPS) is 29.6. The maximum absolute atomic E-state index is 12.8. The molecule has 0 aromatic rings. The topological polar surface area (TPSA) is 40.5 Å². The molecule has 6 heteroatoms. The van der Waals surface area contributed by atoms with Crippen LogP contribution < -0.4 is 0 Å². The van der Waals surface area contributed by atoms with Crippen molar-refractivity contribution >= 4 is 5.97 Å². The van der Waals surface area contributed by atoms with Crippen LogP contribution >= 0.6 is 0 Å². The predicted octanol–water partition coefficient (Wildman–Crippen LogP) is 2.90. The molecule has 1 fully saturated rings. The molecule has 1 N–H and O–H groups in total. The van der Waals surface area contributed by atoms with E-state index in [-0.39, 0.29) is 12.8 Å². The first kappa shape index (κ1) is 15.3. The molecule has 0 radical (unpaired) electrons. The highest BCUT2D eigenvalue weighted by atomic mass is 19.4. The highest BCUT2D eigenvalue weighted by Crippen LogP contribution is 2.44. The first-order chi connectivity index (χ1) is 8.28. The summed E-state index contributed by atoms with van der Waals surface area (Å²) in [6.07, 6.45) is -3.97. The fourth-order valence-corrected chi connectivity index (χ4v) is 2.98. The summed E-state index contributed by atoms with van der Waals surface area (Å²) in [5.41, 5.74) is -1.35. The van der Waals surface area contributed by atoms with Crippen molar-refractivity contribution in [3.8, 4) is 0 Å². The largest absolute Gasteiger partial charge is 0.480 e. The molecule has 3 nitrogen and oxygen atoms in total. The zero-order chi connectivity index (χ0) is 14.0. The number of carbonyl (C=O) groups is 1. The monoisotopic (exact) mass is 267 g/mol. The molecule has 1 rings (SSSR count). The van der Waals surface area contributed by atoms with E-state index in [1.807, 2.05) is 0 Å². The lowest BCUT2D eigenvalue weighted by Crippen LogP contribution is -2.58. The van der Waals surface area contributed by atoms with Gasteiger partial charge in [-0.25, -0.2) is 0 Å². The second-order valence-electron chi connectivity index (χ2n) is 4.84. The molecule has 18 heavy (non-hydrogen) atoms. The van der Waals surface area contributed by atoms with Gasteiger partial charge in [0.25, 0.3) is 0 Å². The van der Waals surface area contributed by atoms with Crippen LogP contribution in [0.4, 0.5) is 13.2 Å². The maximum Gasteiger partial charge on any atom is 0.391 e. The Balaban J connectivity index is 3.01. The third-order valence-electron chi connectivity index (χ3n) is 3.96. The Kier molecular flexibility index (Phi) is 4.64. The molecule has 0 bridgehead atoms. The van der Waals surface area contributed by atoms with Gasteiger partial charge < -0.3 is 5.11 Å². The number of hydrogen-bond acceptors (Lipinski definition) is 2. The van der Waals surface area contributed by atoms with Gasteiger partial charge in [0.2, 0.25) is 0 Å². The summed E-state index contributed by atoms with van der Waals surface area (Å²) in [6.45, 7) is 4.47. The fourth-order valence-electron chi connectivity index (χ4n) is 2.98. The van der Waals surface area contributed by atoms with Crippen LogP contribution in [0, 0.1) is 5.92 Å². The molecule has 0 aromatic heterocycles. The van der Waals surface area contributed by atoms with Crippen LogP contribution in [0.3, 0.4) is 0 Å². The smallest absolute Gasteiger partial charge is 0.391 e. The van der Waals surface area contributed by atoms with Gasteiger partial charge in [-0.3, -0.25) is 9.69 Å². The summed E-state index contributed by atoms with van der Waals surface area (Å²) in [6, 6.07) is 0. The third-order valence-corrected chi connectivity index (χ3v) is 3.96. The number of aliphatic carboxylic acids is 1. The van der Waals surface area contributed by atoms with Gasteiger partial charge >= 0.3 is 12.1 Å². The minimum absolute atomic E-state index is 0.0415. The minimum Gasteiger partial charge on any atom is -0.480 e. The van der Waals surface area contributed by atoms with E-state index in [4.69, 9.17) is 0 Å². The molecule has 1 aliphatic carbocycles. The lowest BCUT2D eigenvalue weighted by molar-refractivity contribution is -0.198. The number of rotatable bonds is 4. The lowest BCUT2D eigenvalue weighted by Gasteiger charge is -2.45. The van der Waals surface area contributed by atoms with Crippen molar-refractivity contribution < 1.29 is 23.1 Å². The fraction of sp³-hybridized carbons (Fsp3) is 0.917. The number of alkyl halides is 3. The van der Waals surface area contributed by atoms with Crippen LogP contribution in [0.25, 0.3) is 0 Å². The van der Waals surface area contributed by atoms with Crippen molar-refractivity contribution in [2.45, 2.75) is 51.2 Å². The van der Waals surface area contributed by atoms with Crippen molar-refractivity contribution in [3.63, 3.8) is 0 Å². The lowest BCUT2D eigenvalue weighted by atomic mass is 9.74. The molecule has 1 aliphatic rings. The average molecular weight is 267 g/mol. The van der Waals surface area contributed by atoms with Gasteiger partial charge in [-0.05, 0) is 32.4 Å². The van der Waals surface area contributed by atoms with Crippen molar-refractivity contribution in [2.75, 3.05) is 13.1 Å². The van der Waals surface area contributed by atoms with Gasteiger partial charge in [-0.1, -0.05) is 20.3 Å². The number of carboxylic acid groups (broad SMARTS) is 1. The van der Waals surface area contributed by atoms with Crippen molar-refractivity contribution in [3.05, 3.63) is 0 Å². The number of halogens is 3. The molecule has 1 saturated carbocycles. The first-order valence-corrected chi connectivity index (χ1v) is 6.33. The van der Waals surface area contributed by atoms with Crippen LogP contribution in [0.1, 0.15) is 39.5 Å². The summed E-state index contributed by atoms with van der Waals surface area (Å²) in [7, 11) is 0. The molecule has 0 aromatic carbocycles. The third kappa shape index (κ3) is 2.79. The highest BCUT2D eigenvalue weighted by Gasteiger charge is 2.53. The van der Waals surface area contributed by atoms with Crippen molar-refractivity contribution in [1.82, 2.24) is 4.90 Å². The zero-order valence-electron chi connectivity index (χ0n) is 10.8. The zero-order valence-corrected chi connectivity index (χ0v) is 10.8. The standard InChI is InChI=1S/C12H20F3NO2/c1-3-16(4-2)11(10(17)18)7-5-6-9(8-11)12(13,14)15/h9H,3-8H2,1-2H3,(H,17,18). The molecule has 2 unspecified atom stereocenters. The van der Waals surface area contributed by atoms with E-state index in [0.717, 1.165) is 0 Å². The van der Waals surface area contributed by atoms with Crippen LogP contribution in [0.5, 0.6) is 0 Å². The number of nitrogens with zero attached hydrogens (tertiary/aromatic N) is 1. The predicted molar refractivity (Wildman–Crippen MR) is 61.3 cm³/mol. The van der Waals surface area contributed by atoms with E-state index in [1.165, 1.54) is 0 Å². The number of hydrogen-bond donors (Lipinski definition) is 1. The van der Waals surface area contributed by atoms with Gasteiger partial charge in [-0.15, -0.1) is 0 Å². The van der Waals surface area contributed by atoms with E-state index in [2.05, 4.69) is 0 Å². The van der Waals surface area contributed by atoms with Crippen LogP contribution in [-0.4, -0.2) is 40.8 Å². The molecule has 0 saturated heterocycles. The second kappa shape index (κ2) is 5.47. The summed E-state index contributed by atoms with van der Waals surface area (Å²) < 4.78 is 38.4. The van der Waals surface area contributed by atoms with Gasteiger partial charge in [0.1, 0.15) is 5.54 Å². The number of likely N-dealkylation sites (N-methyl/N-ethyl adjacent to an activating group) is 1. The molecule has 0 spiro atoms. The molecule has 106 valence electrons. The average Bonchev–Trinajstić information content (AvgIpc) is 2.29. The maximum atomic E-state index is 12.8. The highest BCUT2D eigenvalue weighted by molar-refractivity contribution is 5.79. The quantitative estimate of drug-likeness (QED) is 0.851. The summed E-state index contributed by atoms with van der Waals surface area (Å²) in [5, 5.41) is 9.40. The molecular weight excluding hydrogens is 247 g/mol. The van der Waals surface area contributed by atoms with E-state index in [0.29, 0.717) is 25.9 Å². The Morgan fingerprint density at radius 2 is 1.94 bits per heavy atom. The van der Waals surface area contributed by atoms with Gasteiger partial charge in [0, 0.05) is 0 Å². The van der Waals surface area contributed by atoms with Gasteiger partial charge in [0.15, 0.2) is 0 Å². The Morgan fingerprint density at radius 1 is 1.39 bits per heavy atom. The van der Waals surface area contributed by atoms with Crippen molar-refractivity contribution in [2.24, 2.45) is 5.92 Å². The Bertz CT molecular complexity index is 302. The summed E-state index contributed by atoms with van der Waals surface area (Å²) in [5.74, 6) is -2.62. The minimum atomic E-state index is -4.30. The Hall–Kier alpha value is -0.780. The van der Waals surface area contributed by atoms with E-state index in [9.17, 15) is 23.1 Å². The van der Waals surface area contributed by atoms with E-state index >= 15 is 0 Å². The van der Waals surface area contributed by atoms with Gasteiger partial charge in [-0.2, -0.15) is 13.2 Å². The molecule has 0 aliphatic heterocycles. The molecular formula is C12H20F3NO2.